The molecule has 17 heavy (non-hydrogen) atoms. The molecule has 0 rings (SSSR count). The van der Waals surface area contributed by atoms with Gasteiger partial charge in [0.15, 0.2) is 0 Å². The second-order valence-electron chi connectivity index (χ2n) is 2.76. The largest absolute Gasteiger partial charge is 0.525 e. The number of ether oxygens (including phenoxy) is 2. The third-order valence-electron chi connectivity index (χ3n) is 1.38. The molecule has 0 heterocycles. The Morgan fingerprint density at radius 2 is 1.53 bits per heavy atom. The molecule has 1 atom stereocenters. The smallest absolute Gasteiger partial charge is 0.466 e. The Hall–Kier alpha value is -1.06. The van der Waals surface area contributed by atoms with E-state index in [2.05, 4.69) is 9.47 Å². The topological polar surface area (TPSA) is 35.5 Å². The van der Waals surface area contributed by atoms with Crippen LogP contribution in [-0.4, -0.2) is 31.0 Å². The Balaban J connectivity index is 4.94. The number of carbonyl (C=O) groups is 1. The maximum absolute atomic E-state index is 13.0. The highest BCUT2D eigenvalue weighted by atomic mass is 19.4. The van der Waals surface area contributed by atoms with E-state index in [1.807, 2.05) is 0 Å². The van der Waals surface area contributed by atoms with Crippen molar-refractivity contribution >= 4 is 5.97 Å². The lowest BCUT2D eigenvalue weighted by molar-refractivity contribution is -0.447. The van der Waals surface area contributed by atoms with Crippen LogP contribution in [0, 0.1) is 0 Å². The zero-order valence-corrected chi connectivity index (χ0v) is 8.28. The van der Waals surface area contributed by atoms with Crippen molar-refractivity contribution in [3.8, 4) is 0 Å². The van der Waals surface area contributed by atoms with E-state index in [1.165, 1.54) is 6.92 Å². The first-order valence-electron chi connectivity index (χ1n) is 4.09. The first kappa shape index (κ1) is 15.9. The molecule has 1 unspecified atom stereocenters. The van der Waals surface area contributed by atoms with E-state index >= 15 is 0 Å². The maximum Gasteiger partial charge on any atom is 0.525 e. The van der Waals surface area contributed by atoms with Crippen LogP contribution in [0.2, 0.25) is 0 Å². The molecule has 0 bridgehead atoms. The van der Waals surface area contributed by atoms with Crippen molar-refractivity contribution in [2.45, 2.75) is 31.7 Å². The monoisotopic (exact) mass is 272 g/mol. The van der Waals surface area contributed by atoms with E-state index in [0.29, 0.717) is 0 Å². The van der Waals surface area contributed by atoms with Crippen LogP contribution in [0.25, 0.3) is 0 Å². The predicted molar refractivity (Wildman–Crippen MR) is 38.3 cm³/mol. The number of esters is 1. The van der Waals surface area contributed by atoms with Gasteiger partial charge in [-0.2, -0.15) is 13.2 Å². The molecule has 0 aromatic rings. The zero-order valence-electron chi connectivity index (χ0n) is 8.28. The molecule has 0 radical (unpaired) electrons. The Kier molecular flexibility index (Phi) is 4.75. The molecule has 0 saturated carbocycles. The summed E-state index contributed by atoms with van der Waals surface area (Å²) < 4.78 is 90.1. The number of hydrogen-bond donors (Lipinski definition) is 0. The van der Waals surface area contributed by atoms with Crippen molar-refractivity contribution in [1.29, 1.82) is 0 Å². The Morgan fingerprint density at radius 3 is 1.82 bits per heavy atom. The summed E-state index contributed by atoms with van der Waals surface area (Å²) >= 11 is 0. The van der Waals surface area contributed by atoms with Gasteiger partial charge >= 0.3 is 24.4 Å². The Bertz CT molecular complexity index is 272. The van der Waals surface area contributed by atoms with Crippen LogP contribution < -0.4 is 0 Å². The minimum absolute atomic E-state index is 0.404. The van der Waals surface area contributed by atoms with Crippen molar-refractivity contribution in [3.05, 3.63) is 0 Å². The van der Waals surface area contributed by atoms with E-state index in [4.69, 9.17) is 0 Å². The molecule has 102 valence electrons. The Labute approximate surface area is 90.5 Å². The normalized spacial score (nSPS) is 16.5. The van der Waals surface area contributed by atoms with Crippen molar-refractivity contribution in [3.63, 3.8) is 0 Å². The van der Waals surface area contributed by atoms with Gasteiger partial charge in [-0.3, -0.25) is 4.79 Å². The van der Waals surface area contributed by atoms with Crippen LogP contribution >= 0.6 is 0 Å². The van der Waals surface area contributed by atoms with Gasteiger partial charge in [0.05, 0.1) is 6.61 Å². The quantitative estimate of drug-likeness (QED) is 0.583. The first-order valence-corrected chi connectivity index (χ1v) is 4.09. The molecule has 0 aliphatic heterocycles. The molecular formula is C7H7F7O3. The lowest BCUT2D eigenvalue weighted by Crippen LogP contribution is -2.48. The zero-order chi connectivity index (χ0) is 13.9. The standard InChI is InChI=1S/C7H7F7O3/c1-2-16-4(15)3-5(8,6(9,10)11)17-7(12,13)14/h2-3H2,1H3. The highest BCUT2D eigenvalue weighted by molar-refractivity contribution is 5.70. The van der Waals surface area contributed by atoms with Gasteiger partial charge in [-0.25, -0.2) is 9.13 Å². The van der Waals surface area contributed by atoms with Crippen molar-refractivity contribution in [1.82, 2.24) is 0 Å². The maximum atomic E-state index is 13.0. The molecule has 0 fully saturated rings. The molecule has 0 aliphatic carbocycles. The van der Waals surface area contributed by atoms with Crippen molar-refractivity contribution in [2.24, 2.45) is 0 Å². The molecule has 10 heteroatoms. The molecule has 0 aromatic heterocycles. The first-order chi connectivity index (χ1) is 7.41. The third-order valence-corrected chi connectivity index (χ3v) is 1.38. The molecule has 0 aliphatic rings. The molecule has 0 aromatic carbocycles. The Morgan fingerprint density at radius 1 is 1.06 bits per heavy atom. The average Bonchev–Trinajstić information content (AvgIpc) is 1.97. The average molecular weight is 272 g/mol. The van der Waals surface area contributed by atoms with Gasteiger partial charge in [0.2, 0.25) is 0 Å². The van der Waals surface area contributed by atoms with E-state index < -0.39 is 37.4 Å². The van der Waals surface area contributed by atoms with Gasteiger partial charge in [0, 0.05) is 0 Å². The SMILES string of the molecule is CCOC(=O)CC(F)(OC(F)(F)F)C(F)(F)F. The molecule has 0 amide bonds. The minimum Gasteiger partial charge on any atom is -0.466 e. The highest BCUT2D eigenvalue weighted by Crippen LogP contribution is 2.42. The molecule has 0 spiro atoms. The van der Waals surface area contributed by atoms with Crippen LogP contribution in [0.4, 0.5) is 30.7 Å². The number of rotatable bonds is 4. The van der Waals surface area contributed by atoms with E-state index in [0.717, 1.165) is 0 Å². The summed E-state index contributed by atoms with van der Waals surface area (Å²) in [6.45, 7) is 0.787. The fourth-order valence-corrected chi connectivity index (χ4v) is 0.775. The number of carbonyl (C=O) groups excluding carboxylic acids is 1. The van der Waals surface area contributed by atoms with Crippen molar-refractivity contribution < 1.29 is 45.0 Å². The fraction of sp³-hybridized carbons (Fsp3) is 0.857. The molecule has 0 saturated heterocycles. The number of halogens is 7. The highest BCUT2D eigenvalue weighted by Gasteiger charge is 2.63. The van der Waals surface area contributed by atoms with Gasteiger partial charge in [-0.15, -0.1) is 13.2 Å². The predicted octanol–water partition coefficient (Wildman–Crippen LogP) is 2.70. The van der Waals surface area contributed by atoms with Crippen LogP contribution in [0.15, 0.2) is 0 Å². The molecule has 0 N–H and O–H groups in total. The van der Waals surface area contributed by atoms with Gasteiger partial charge in [-0.05, 0) is 6.92 Å². The van der Waals surface area contributed by atoms with Gasteiger partial charge in [-0.1, -0.05) is 0 Å². The lowest BCUT2D eigenvalue weighted by atomic mass is 10.2. The third kappa shape index (κ3) is 5.20. The summed E-state index contributed by atoms with van der Waals surface area (Å²) in [5.41, 5.74) is 0. The van der Waals surface area contributed by atoms with Crippen LogP contribution in [0.1, 0.15) is 13.3 Å². The summed E-state index contributed by atoms with van der Waals surface area (Å²) in [6.07, 6.45) is -14.1. The second-order valence-corrected chi connectivity index (χ2v) is 2.76. The van der Waals surface area contributed by atoms with Crippen LogP contribution in [0.3, 0.4) is 0 Å². The van der Waals surface area contributed by atoms with E-state index in [1.54, 1.807) is 0 Å². The number of hydrogen-bond acceptors (Lipinski definition) is 3. The molecular weight excluding hydrogens is 265 g/mol. The van der Waals surface area contributed by atoms with Crippen LogP contribution in [0.5, 0.6) is 0 Å². The summed E-state index contributed by atoms with van der Waals surface area (Å²) in [5, 5.41) is 0. The minimum atomic E-state index is -6.02. The van der Waals surface area contributed by atoms with Gasteiger partial charge in [0.1, 0.15) is 6.42 Å². The summed E-state index contributed by atoms with van der Waals surface area (Å²) in [7, 11) is 0. The van der Waals surface area contributed by atoms with Gasteiger partial charge < -0.3 is 4.74 Å². The van der Waals surface area contributed by atoms with Crippen molar-refractivity contribution in [2.75, 3.05) is 6.61 Å². The van der Waals surface area contributed by atoms with Crippen LogP contribution in [-0.2, 0) is 14.3 Å². The summed E-state index contributed by atoms with van der Waals surface area (Å²) in [5.74, 6) is -6.95. The van der Waals surface area contributed by atoms with Gasteiger partial charge in [0.25, 0.3) is 0 Å². The summed E-state index contributed by atoms with van der Waals surface area (Å²) in [6, 6.07) is 0. The fourth-order valence-electron chi connectivity index (χ4n) is 0.775. The van der Waals surface area contributed by atoms with E-state index in [-0.39, 0.29) is 0 Å². The second kappa shape index (κ2) is 5.07. The van der Waals surface area contributed by atoms with E-state index in [9.17, 15) is 35.5 Å². The summed E-state index contributed by atoms with van der Waals surface area (Å²) in [4.78, 5) is 10.6. The lowest BCUT2D eigenvalue weighted by Gasteiger charge is -2.27. The molecule has 3 nitrogen and oxygen atoms in total. The number of alkyl halides is 7.